The Hall–Kier alpha value is -3.20. The van der Waals surface area contributed by atoms with E-state index < -0.39 is 22.5 Å². The van der Waals surface area contributed by atoms with E-state index >= 15 is 0 Å². The fourth-order valence-electron chi connectivity index (χ4n) is 3.18. The molecule has 3 aromatic carbocycles. The maximum Gasteiger partial charge on any atom is 0.247 e. The van der Waals surface area contributed by atoms with E-state index in [4.69, 9.17) is 16.3 Å². The second-order valence-corrected chi connectivity index (χ2v) is 9.58. The average Bonchev–Trinajstić information content (AvgIpc) is 2.79. The zero-order valence-electron chi connectivity index (χ0n) is 18.1. The number of sulfonamides is 1. The van der Waals surface area contributed by atoms with Crippen molar-refractivity contribution in [2.24, 2.45) is 0 Å². The van der Waals surface area contributed by atoms with Crippen molar-refractivity contribution in [2.45, 2.75) is 18.4 Å². The Kier molecular flexibility index (Phi) is 7.86. The van der Waals surface area contributed by atoms with Crippen LogP contribution in [0.15, 0.2) is 77.7 Å². The topological polar surface area (TPSA) is 92.8 Å². The number of anilines is 1. The van der Waals surface area contributed by atoms with Crippen LogP contribution in [0, 0.1) is 0 Å². The fraction of sp³-hybridized carbons (Fsp3) is 0.167. The van der Waals surface area contributed by atoms with Gasteiger partial charge in [-0.15, -0.1) is 0 Å². The first kappa shape index (κ1) is 24.4. The molecule has 1 amide bonds. The largest absolute Gasteiger partial charge is 0.495 e. The molecule has 0 saturated carbocycles. The average molecular weight is 487 g/mol. The van der Waals surface area contributed by atoms with Crippen LogP contribution in [0.3, 0.4) is 0 Å². The highest BCUT2D eigenvalue weighted by molar-refractivity contribution is 7.89. The van der Waals surface area contributed by atoms with Gasteiger partial charge in [-0.25, -0.2) is 8.42 Å². The molecule has 1 N–H and O–H groups in total. The second-order valence-electron chi connectivity index (χ2n) is 7.24. The van der Waals surface area contributed by atoms with Gasteiger partial charge >= 0.3 is 0 Å². The smallest absolute Gasteiger partial charge is 0.247 e. The Bertz CT molecular complexity index is 1260. The van der Waals surface area contributed by atoms with E-state index in [2.05, 4.69) is 5.32 Å². The summed E-state index contributed by atoms with van der Waals surface area (Å²) in [5, 5.41) is 2.88. The first-order chi connectivity index (χ1) is 15.7. The van der Waals surface area contributed by atoms with Gasteiger partial charge in [0.05, 0.1) is 13.7 Å². The molecule has 0 unspecified atom stereocenters. The molecule has 7 nitrogen and oxygen atoms in total. The number of ether oxygens (including phenoxy) is 1. The van der Waals surface area contributed by atoms with Crippen LogP contribution in [-0.4, -0.2) is 38.1 Å². The lowest BCUT2D eigenvalue weighted by Gasteiger charge is -2.23. The number of hydrogen-bond acceptors (Lipinski definition) is 5. The minimum absolute atomic E-state index is 0.0419. The first-order valence-electron chi connectivity index (χ1n) is 9.99. The summed E-state index contributed by atoms with van der Waals surface area (Å²) in [6.45, 7) is 0.921. The standard InChI is InChI=1S/C24H23ClN2O5S/c1-17(28)19-9-6-10-21(13-19)26-24(29)16-27(15-18-7-4-3-5-8-18)33(30,31)23-14-20(25)11-12-22(23)32-2/h3-14H,15-16H2,1-2H3,(H,26,29). The zero-order valence-corrected chi connectivity index (χ0v) is 19.7. The SMILES string of the molecule is COc1ccc(Cl)cc1S(=O)(=O)N(CC(=O)Nc1cccc(C(C)=O)c1)Cc1ccccc1. The van der Waals surface area contributed by atoms with E-state index in [-0.39, 0.29) is 28.0 Å². The van der Waals surface area contributed by atoms with Crippen molar-refractivity contribution in [3.05, 3.63) is 88.9 Å². The quantitative estimate of drug-likeness (QED) is 0.453. The summed E-state index contributed by atoms with van der Waals surface area (Å²) < 4.78 is 33.4. The molecule has 3 aromatic rings. The Balaban J connectivity index is 1.93. The van der Waals surface area contributed by atoms with E-state index in [1.165, 1.54) is 38.3 Å². The van der Waals surface area contributed by atoms with Crippen LogP contribution in [0.1, 0.15) is 22.8 Å². The van der Waals surface area contributed by atoms with Gasteiger partial charge in [0.1, 0.15) is 10.6 Å². The van der Waals surface area contributed by atoms with Crippen LogP contribution in [0.2, 0.25) is 5.02 Å². The number of nitrogens with one attached hydrogen (secondary N) is 1. The van der Waals surface area contributed by atoms with Crippen molar-refractivity contribution in [1.29, 1.82) is 0 Å². The Morgan fingerprint density at radius 3 is 2.39 bits per heavy atom. The van der Waals surface area contributed by atoms with E-state index in [1.807, 2.05) is 6.07 Å². The molecule has 0 bridgehead atoms. The van der Waals surface area contributed by atoms with Gasteiger partial charge in [-0.1, -0.05) is 54.1 Å². The monoisotopic (exact) mass is 486 g/mol. The number of nitrogens with zero attached hydrogens (tertiary/aromatic N) is 1. The number of ketones is 1. The first-order valence-corrected chi connectivity index (χ1v) is 11.8. The molecule has 0 spiro atoms. The Morgan fingerprint density at radius 1 is 1.00 bits per heavy atom. The van der Waals surface area contributed by atoms with Gasteiger partial charge in [0.2, 0.25) is 15.9 Å². The lowest BCUT2D eigenvalue weighted by atomic mass is 10.1. The molecule has 0 saturated heterocycles. The third kappa shape index (κ3) is 6.19. The minimum Gasteiger partial charge on any atom is -0.495 e. The van der Waals surface area contributed by atoms with E-state index in [0.717, 1.165) is 4.31 Å². The molecule has 0 aliphatic carbocycles. The van der Waals surface area contributed by atoms with Crippen molar-refractivity contribution < 1.29 is 22.7 Å². The predicted molar refractivity (Wildman–Crippen MR) is 127 cm³/mol. The minimum atomic E-state index is -4.16. The molecule has 172 valence electrons. The lowest BCUT2D eigenvalue weighted by Crippen LogP contribution is -2.37. The lowest BCUT2D eigenvalue weighted by molar-refractivity contribution is -0.116. The summed E-state index contributed by atoms with van der Waals surface area (Å²) in [6, 6.07) is 19.6. The molecule has 9 heteroatoms. The van der Waals surface area contributed by atoms with Crippen molar-refractivity contribution in [3.63, 3.8) is 0 Å². The van der Waals surface area contributed by atoms with Gasteiger partial charge in [-0.2, -0.15) is 4.31 Å². The van der Waals surface area contributed by atoms with Gasteiger partial charge in [0, 0.05) is 22.8 Å². The molecular weight excluding hydrogens is 464 g/mol. The van der Waals surface area contributed by atoms with Crippen molar-refractivity contribution in [2.75, 3.05) is 19.0 Å². The number of Topliss-reactive ketones (excluding diaryl/α,β-unsaturated/α-hetero) is 1. The Labute approximate surface area is 198 Å². The van der Waals surface area contributed by atoms with E-state index in [1.54, 1.807) is 42.5 Å². The zero-order chi connectivity index (χ0) is 24.0. The second kappa shape index (κ2) is 10.6. The summed E-state index contributed by atoms with van der Waals surface area (Å²) >= 11 is 6.05. The van der Waals surface area contributed by atoms with Gasteiger partial charge in [-0.05, 0) is 42.8 Å². The van der Waals surface area contributed by atoms with Crippen LogP contribution in [0.4, 0.5) is 5.69 Å². The van der Waals surface area contributed by atoms with E-state index in [9.17, 15) is 18.0 Å². The normalized spacial score (nSPS) is 11.3. The maximum atomic E-state index is 13.6. The highest BCUT2D eigenvalue weighted by Gasteiger charge is 2.30. The molecule has 0 aromatic heterocycles. The van der Waals surface area contributed by atoms with Crippen molar-refractivity contribution in [1.82, 2.24) is 4.31 Å². The molecule has 0 radical (unpaired) electrons. The molecule has 0 atom stereocenters. The van der Waals surface area contributed by atoms with Crippen LogP contribution in [-0.2, 0) is 21.4 Å². The molecule has 0 heterocycles. The van der Waals surface area contributed by atoms with Crippen molar-refractivity contribution >= 4 is 39.0 Å². The summed E-state index contributed by atoms with van der Waals surface area (Å²) in [7, 11) is -2.80. The number of benzene rings is 3. The number of carbonyl (C=O) groups excluding carboxylic acids is 2. The summed E-state index contributed by atoms with van der Waals surface area (Å²) in [5.74, 6) is -0.587. The summed E-state index contributed by atoms with van der Waals surface area (Å²) in [5.41, 5.74) is 1.53. The number of halogens is 1. The number of methoxy groups -OCH3 is 1. The Morgan fingerprint density at radius 2 is 1.73 bits per heavy atom. The fourth-order valence-corrected chi connectivity index (χ4v) is 4.98. The van der Waals surface area contributed by atoms with Crippen molar-refractivity contribution in [3.8, 4) is 5.75 Å². The molecule has 0 aliphatic heterocycles. The van der Waals surface area contributed by atoms with E-state index in [0.29, 0.717) is 16.8 Å². The summed E-state index contributed by atoms with van der Waals surface area (Å²) in [6.07, 6.45) is 0. The van der Waals surface area contributed by atoms with Crippen LogP contribution in [0.5, 0.6) is 5.75 Å². The van der Waals surface area contributed by atoms with Gasteiger partial charge in [0.15, 0.2) is 5.78 Å². The van der Waals surface area contributed by atoms with Gasteiger partial charge in [-0.3, -0.25) is 9.59 Å². The predicted octanol–water partition coefficient (Wildman–Crippen LogP) is 4.38. The third-order valence-electron chi connectivity index (χ3n) is 4.82. The van der Waals surface area contributed by atoms with Crippen LogP contribution < -0.4 is 10.1 Å². The van der Waals surface area contributed by atoms with Crippen LogP contribution in [0.25, 0.3) is 0 Å². The molecule has 0 aliphatic rings. The number of hydrogen-bond donors (Lipinski definition) is 1. The number of carbonyl (C=O) groups is 2. The molecular formula is C24H23ClN2O5S. The molecule has 0 fully saturated rings. The molecule has 3 rings (SSSR count). The highest BCUT2D eigenvalue weighted by Crippen LogP contribution is 2.30. The number of rotatable bonds is 9. The van der Waals surface area contributed by atoms with Crippen LogP contribution >= 0.6 is 11.6 Å². The maximum absolute atomic E-state index is 13.6. The summed E-state index contributed by atoms with van der Waals surface area (Å²) in [4.78, 5) is 24.3. The van der Waals surface area contributed by atoms with Gasteiger partial charge < -0.3 is 10.1 Å². The van der Waals surface area contributed by atoms with Gasteiger partial charge in [0.25, 0.3) is 0 Å². The number of amides is 1. The highest BCUT2D eigenvalue weighted by atomic mass is 35.5. The third-order valence-corrected chi connectivity index (χ3v) is 6.87. The molecule has 33 heavy (non-hydrogen) atoms.